The summed E-state index contributed by atoms with van der Waals surface area (Å²) in [6, 6.07) is 1.13. The van der Waals surface area contributed by atoms with Crippen LogP contribution >= 0.6 is 11.8 Å². The summed E-state index contributed by atoms with van der Waals surface area (Å²) in [5.41, 5.74) is 5.31. The van der Waals surface area contributed by atoms with Gasteiger partial charge in [0, 0.05) is 12.6 Å². The third-order valence-corrected chi connectivity index (χ3v) is 2.87. The number of aromatic nitrogens is 1. The molecule has 0 saturated heterocycles. The topological polar surface area (TPSA) is 111 Å². The Labute approximate surface area is 108 Å². The number of nitrogens with one attached hydrogen (secondary N) is 1. The van der Waals surface area contributed by atoms with Crippen LogP contribution in [0.15, 0.2) is 12.3 Å². The van der Waals surface area contributed by atoms with Crippen LogP contribution in [0.3, 0.4) is 0 Å². The number of thioether (sulfide) groups is 1. The first kappa shape index (κ1) is 14.2. The first-order valence-corrected chi connectivity index (χ1v) is 6.62. The van der Waals surface area contributed by atoms with Crippen molar-refractivity contribution >= 4 is 29.2 Å². The van der Waals surface area contributed by atoms with Gasteiger partial charge in [-0.25, -0.2) is 4.98 Å². The number of pyridine rings is 1. The van der Waals surface area contributed by atoms with Crippen molar-refractivity contribution in [2.75, 3.05) is 24.3 Å². The number of nitrogens with zero attached hydrogens (tertiary/aromatic N) is 2. The number of hydrogen-bond donors (Lipinski definition) is 2. The lowest BCUT2D eigenvalue weighted by molar-refractivity contribution is -0.385. The van der Waals surface area contributed by atoms with Gasteiger partial charge in [-0.05, 0) is 18.4 Å². The molecule has 3 N–H and O–H groups in total. The minimum absolute atomic E-state index is 0.0111. The van der Waals surface area contributed by atoms with Gasteiger partial charge in [-0.15, -0.1) is 0 Å². The average Bonchev–Trinajstić information content (AvgIpc) is 2.34. The van der Waals surface area contributed by atoms with Gasteiger partial charge < -0.3 is 11.1 Å². The van der Waals surface area contributed by atoms with Gasteiger partial charge in [-0.3, -0.25) is 14.9 Å². The maximum Gasteiger partial charge on any atom is 0.288 e. The maximum atomic E-state index is 11.7. The summed E-state index contributed by atoms with van der Waals surface area (Å²) >= 11 is 1.68. The zero-order chi connectivity index (χ0) is 13.5. The molecule has 0 unspecified atom stereocenters. The lowest BCUT2D eigenvalue weighted by atomic mass is 10.2. The summed E-state index contributed by atoms with van der Waals surface area (Å²) in [7, 11) is 0. The summed E-state index contributed by atoms with van der Waals surface area (Å²) in [6.45, 7) is 0.502. The van der Waals surface area contributed by atoms with Gasteiger partial charge in [0.05, 0.1) is 10.5 Å². The van der Waals surface area contributed by atoms with Crippen molar-refractivity contribution in [3.63, 3.8) is 0 Å². The van der Waals surface area contributed by atoms with Crippen molar-refractivity contribution in [3.8, 4) is 0 Å². The number of rotatable bonds is 6. The molecule has 1 aromatic heterocycles. The van der Waals surface area contributed by atoms with E-state index in [-0.39, 0.29) is 17.1 Å². The normalized spacial score (nSPS) is 10.1. The van der Waals surface area contributed by atoms with E-state index in [1.807, 2.05) is 6.26 Å². The predicted molar refractivity (Wildman–Crippen MR) is 70.6 cm³/mol. The predicted octanol–water partition coefficient (Wildman–Crippen LogP) is 1.05. The fourth-order valence-electron chi connectivity index (χ4n) is 1.26. The minimum Gasteiger partial charge on any atom is -0.383 e. The Bertz CT molecular complexity index is 453. The summed E-state index contributed by atoms with van der Waals surface area (Å²) in [5, 5.41) is 13.2. The van der Waals surface area contributed by atoms with Gasteiger partial charge >= 0.3 is 0 Å². The van der Waals surface area contributed by atoms with Gasteiger partial charge in [-0.1, -0.05) is 0 Å². The highest BCUT2D eigenvalue weighted by Crippen LogP contribution is 2.16. The van der Waals surface area contributed by atoms with Crippen LogP contribution in [-0.2, 0) is 0 Å². The highest BCUT2D eigenvalue weighted by molar-refractivity contribution is 7.98. The lowest BCUT2D eigenvalue weighted by Gasteiger charge is -2.06. The van der Waals surface area contributed by atoms with Crippen molar-refractivity contribution in [1.82, 2.24) is 10.3 Å². The van der Waals surface area contributed by atoms with Crippen molar-refractivity contribution in [1.29, 1.82) is 0 Å². The van der Waals surface area contributed by atoms with Crippen molar-refractivity contribution in [2.45, 2.75) is 6.42 Å². The number of hydrogen-bond acceptors (Lipinski definition) is 6. The van der Waals surface area contributed by atoms with Crippen LogP contribution in [0.25, 0.3) is 0 Å². The Morgan fingerprint density at radius 3 is 3.00 bits per heavy atom. The minimum atomic E-state index is -0.614. The molecule has 1 heterocycles. The molecule has 1 aromatic rings. The highest BCUT2D eigenvalue weighted by Gasteiger charge is 2.15. The lowest BCUT2D eigenvalue weighted by Crippen LogP contribution is -2.26. The standard InChI is InChI=1S/C10H14N4O3S/c1-18-4-2-3-12-10(15)8-5-7(14(16)17)6-13-9(8)11/h5-6H,2-4H2,1H3,(H2,11,13)(H,12,15). The number of carbonyl (C=O) groups is 1. The molecule has 98 valence electrons. The van der Waals surface area contributed by atoms with E-state index in [1.165, 1.54) is 0 Å². The SMILES string of the molecule is CSCCCNC(=O)c1cc([N+](=O)[O-])cnc1N. The number of nitro groups is 1. The van der Waals surface area contributed by atoms with E-state index in [9.17, 15) is 14.9 Å². The van der Waals surface area contributed by atoms with Crippen LogP contribution in [0, 0.1) is 10.1 Å². The largest absolute Gasteiger partial charge is 0.383 e. The van der Waals surface area contributed by atoms with Crippen LogP contribution in [0.2, 0.25) is 0 Å². The second kappa shape index (κ2) is 6.80. The molecule has 0 aliphatic rings. The molecule has 18 heavy (non-hydrogen) atoms. The van der Waals surface area contributed by atoms with Gasteiger partial charge in [0.1, 0.15) is 12.0 Å². The Hall–Kier alpha value is -1.83. The van der Waals surface area contributed by atoms with Gasteiger partial charge in [-0.2, -0.15) is 11.8 Å². The van der Waals surface area contributed by atoms with Crippen molar-refractivity contribution in [3.05, 3.63) is 27.9 Å². The van der Waals surface area contributed by atoms with Gasteiger partial charge in [0.25, 0.3) is 11.6 Å². The van der Waals surface area contributed by atoms with E-state index in [0.717, 1.165) is 24.4 Å². The van der Waals surface area contributed by atoms with Crippen LogP contribution in [-0.4, -0.2) is 34.4 Å². The molecule has 0 spiro atoms. The van der Waals surface area contributed by atoms with E-state index >= 15 is 0 Å². The molecule has 0 bridgehead atoms. The molecular weight excluding hydrogens is 256 g/mol. The molecule has 0 fully saturated rings. The van der Waals surface area contributed by atoms with Crippen LogP contribution in [0.4, 0.5) is 11.5 Å². The molecule has 0 aromatic carbocycles. The fraction of sp³-hybridized carbons (Fsp3) is 0.400. The monoisotopic (exact) mass is 270 g/mol. The maximum absolute atomic E-state index is 11.7. The molecule has 1 amide bonds. The Kier molecular flexibility index (Phi) is 5.37. The van der Waals surface area contributed by atoms with Gasteiger partial charge in [0.2, 0.25) is 0 Å². The Morgan fingerprint density at radius 1 is 1.67 bits per heavy atom. The van der Waals surface area contributed by atoms with E-state index in [1.54, 1.807) is 11.8 Å². The molecule has 0 aliphatic heterocycles. The fourth-order valence-corrected chi connectivity index (χ4v) is 1.69. The molecule has 0 atom stereocenters. The first-order chi connectivity index (χ1) is 8.56. The smallest absolute Gasteiger partial charge is 0.288 e. The van der Waals surface area contributed by atoms with Crippen molar-refractivity contribution < 1.29 is 9.72 Å². The highest BCUT2D eigenvalue weighted by atomic mass is 32.2. The molecule has 7 nitrogen and oxygen atoms in total. The van der Waals surface area contributed by atoms with Crippen LogP contribution < -0.4 is 11.1 Å². The molecule has 1 rings (SSSR count). The Balaban J connectivity index is 2.72. The number of amides is 1. The second-order valence-corrected chi connectivity index (χ2v) is 4.47. The molecule has 0 radical (unpaired) electrons. The Morgan fingerprint density at radius 2 is 2.39 bits per heavy atom. The summed E-state index contributed by atoms with van der Waals surface area (Å²) in [5.74, 6) is 0.482. The summed E-state index contributed by atoms with van der Waals surface area (Å²) in [4.78, 5) is 25.3. The zero-order valence-electron chi connectivity index (χ0n) is 9.88. The quantitative estimate of drug-likeness (QED) is 0.454. The second-order valence-electron chi connectivity index (χ2n) is 3.49. The van der Waals surface area contributed by atoms with Crippen molar-refractivity contribution in [2.24, 2.45) is 0 Å². The third-order valence-electron chi connectivity index (χ3n) is 2.17. The van der Waals surface area contributed by atoms with Crippen LogP contribution in [0.1, 0.15) is 16.8 Å². The molecule has 8 heteroatoms. The number of carbonyl (C=O) groups excluding carboxylic acids is 1. The summed E-state index contributed by atoms with van der Waals surface area (Å²) in [6.07, 6.45) is 3.83. The van der Waals surface area contributed by atoms with E-state index in [4.69, 9.17) is 5.73 Å². The van der Waals surface area contributed by atoms with E-state index < -0.39 is 10.8 Å². The van der Waals surface area contributed by atoms with Crippen LogP contribution in [0.5, 0.6) is 0 Å². The number of nitrogens with two attached hydrogens (primary N) is 1. The molecule has 0 saturated carbocycles. The zero-order valence-corrected chi connectivity index (χ0v) is 10.7. The molecular formula is C10H14N4O3S. The van der Waals surface area contributed by atoms with Gasteiger partial charge in [0.15, 0.2) is 0 Å². The number of anilines is 1. The number of nitrogen functional groups attached to an aromatic ring is 1. The van der Waals surface area contributed by atoms with E-state index in [0.29, 0.717) is 6.54 Å². The summed E-state index contributed by atoms with van der Waals surface area (Å²) < 4.78 is 0. The third kappa shape index (κ3) is 3.88. The average molecular weight is 270 g/mol. The molecule has 0 aliphatic carbocycles. The first-order valence-electron chi connectivity index (χ1n) is 5.23. The van der Waals surface area contributed by atoms with E-state index in [2.05, 4.69) is 10.3 Å².